The average molecular weight is 363 g/mol. The summed E-state index contributed by atoms with van der Waals surface area (Å²) in [4.78, 5) is 13.0. The molecule has 1 aliphatic rings. The van der Waals surface area contributed by atoms with Gasteiger partial charge < -0.3 is 14.7 Å². The van der Waals surface area contributed by atoms with E-state index in [4.69, 9.17) is 16.3 Å². The largest absolute Gasteiger partial charge is 0.490 e. The second-order valence-electron chi connectivity index (χ2n) is 6.08. The van der Waals surface area contributed by atoms with E-state index in [-0.39, 0.29) is 11.4 Å². The van der Waals surface area contributed by atoms with Gasteiger partial charge in [0.25, 0.3) is 0 Å². The molecule has 1 fully saturated rings. The van der Waals surface area contributed by atoms with E-state index in [0.29, 0.717) is 42.2 Å². The molecule has 1 heterocycles. The number of ether oxygens (including phenoxy) is 1. The molecule has 2 aromatic carbocycles. The fourth-order valence-corrected chi connectivity index (χ4v) is 3.65. The lowest BCUT2D eigenvalue weighted by molar-refractivity contribution is -0.385. The number of rotatable bonds is 4. The summed E-state index contributed by atoms with van der Waals surface area (Å²) in [5, 5.41) is 23.0. The van der Waals surface area contributed by atoms with Crippen molar-refractivity contribution < 1.29 is 14.8 Å². The summed E-state index contributed by atoms with van der Waals surface area (Å²) >= 11 is 6.23. The molecule has 0 saturated carbocycles. The summed E-state index contributed by atoms with van der Waals surface area (Å²) in [7, 11) is 1.42. The van der Waals surface area contributed by atoms with Crippen LogP contribution in [0.1, 0.15) is 18.4 Å². The fourth-order valence-electron chi connectivity index (χ4n) is 3.34. The fraction of sp³-hybridized carbons (Fsp3) is 0.333. The highest BCUT2D eigenvalue weighted by Gasteiger charge is 2.37. The molecule has 1 saturated heterocycles. The number of piperidine rings is 1. The van der Waals surface area contributed by atoms with Crippen LogP contribution in [0.2, 0.25) is 5.02 Å². The number of aliphatic hydroxyl groups is 1. The Bertz CT molecular complexity index is 788. The number of para-hydroxylation sites is 1. The summed E-state index contributed by atoms with van der Waals surface area (Å²) < 4.78 is 5.13. The van der Waals surface area contributed by atoms with E-state index in [0.717, 1.165) is 0 Å². The summed E-state index contributed by atoms with van der Waals surface area (Å²) in [6, 6.07) is 12.3. The molecule has 25 heavy (non-hydrogen) atoms. The molecule has 0 aliphatic carbocycles. The number of hydrogen-bond donors (Lipinski definition) is 1. The van der Waals surface area contributed by atoms with Crippen LogP contribution in [-0.4, -0.2) is 30.2 Å². The Kier molecular flexibility index (Phi) is 4.83. The van der Waals surface area contributed by atoms with E-state index in [2.05, 4.69) is 0 Å². The lowest BCUT2D eigenvalue weighted by Gasteiger charge is -2.39. The third kappa shape index (κ3) is 3.27. The van der Waals surface area contributed by atoms with Gasteiger partial charge in [0.15, 0.2) is 5.75 Å². The van der Waals surface area contributed by atoms with Crippen LogP contribution in [0, 0.1) is 10.1 Å². The molecular formula is C18H19ClN2O4. The number of benzene rings is 2. The number of nitro benzene ring substituents is 1. The number of anilines is 1. The standard InChI is InChI=1S/C18H19ClN2O4/c1-25-16-8-4-7-15(17(16)21(23)24)20-11-9-18(22,10-12-20)13-5-2-3-6-14(13)19/h2-8,22H,9-12H2,1H3. The monoisotopic (exact) mass is 362 g/mol. The Morgan fingerprint density at radius 3 is 2.48 bits per heavy atom. The van der Waals surface area contributed by atoms with Crippen LogP contribution >= 0.6 is 11.6 Å². The molecule has 1 aliphatic heterocycles. The first-order valence-corrected chi connectivity index (χ1v) is 8.38. The smallest absolute Gasteiger partial charge is 0.333 e. The van der Waals surface area contributed by atoms with Crippen LogP contribution in [0.25, 0.3) is 0 Å². The maximum Gasteiger partial charge on any atom is 0.333 e. The molecule has 0 atom stereocenters. The van der Waals surface area contributed by atoms with Crippen LogP contribution < -0.4 is 9.64 Å². The van der Waals surface area contributed by atoms with Gasteiger partial charge in [0.05, 0.1) is 17.6 Å². The minimum absolute atomic E-state index is 0.0480. The quantitative estimate of drug-likeness (QED) is 0.662. The van der Waals surface area contributed by atoms with Gasteiger partial charge in [-0.1, -0.05) is 35.9 Å². The van der Waals surface area contributed by atoms with Crippen LogP contribution in [0.5, 0.6) is 5.75 Å². The minimum Gasteiger partial charge on any atom is -0.490 e. The Morgan fingerprint density at radius 2 is 1.88 bits per heavy atom. The van der Waals surface area contributed by atoms with Gasteiger partial charge in [-0.25, -0.2) is 0 Å². The third-order valence-corrected chi connectivity index (χ3v) is 5.02. The van der Waals surface area contributed by atoms with Crippen molar-refractivity contribution in [1.29, 1.82) is 0 Å². The van der Waals surface area contributed by atoms with E-state index in [1.807, 2.05) is 23.1 Å². The highest BCUT2D eigenvalue weighted by molar-refractivity contribution is 6.31. The number of nitro groups is 1. The molecule has 1 N–H and O–H groups in total. The van der Waals surface area contributed by atoms with Crippen LogP contribution in [-0.2, 0) is 5.60 Å². The zero-order chi connectivity index (χ0) is 18.0. The summed E-state index contributed by atoms with van der Waals surface area (Å²) in [5.74, 6) is 0.231. The zero-order valence-corrected chi connectivity index (χ0v) is 14.6. The number of methoxy groups -OCH3 is 1. The maximum absolute atomic E-state index is 11.5. The Labute approximate surface area is 150 Å². The first-order valence-electron chi connectivity index (χ1n) is 8.00. The van der Waals surface area contributed by atoms with Gasteiger partial charge in [0.2, 0.25) is 0 Å². The molecule has 0 unspecified atom stereocenters. The molecule has 6 nitrogen and oxygen atoms in total. The summed E-state index contributed by atoms with van der Waals surface area (Å²) in [5.41, 5.74) is 0.137. The molecule has 0 aromatic heterocycles. The molecule has 7 heteroatoms. The predicted octanol–water partition coefficient (Wildman–Crippen LogP) is 3.74. The molecular weight excluding hydrogens is 344 g/mol. The van der Waals surface area contributed by atoms with Crippen LogP contribution in [0.3, 0.4) is 0 Å². The number of nitrogens with zero attached hydrogens (tertiary/aromatic N) is 2. The van der Waals surface area contributed by atoms with Gasteiger partial charge in [0, 0.05) is 23.7 Å². The van der Waals surface area contributed by atoms with Crippen molar-refractivity contribution in [3.05, 3.63) is 63.2 Å². The van der Waals surface area contributed by atoms with Crippen molar-refractivity contribution >= 4 is 23.0 Å². The second-order valence-corrected chi connectivity index (χ2v) is 6.49. The highest BCUT2D eigenvalue weighted by Crippen LogP contribution is 2.42. The van der Waals surface area contributed by atoms with Crippen molar-refractivity contribution in [3.63, 3.8) is 0 Å². The number of halogens is 1. The summed E-state index contributed by atoms with van der Waals surface area (Å²) in [6.45, 7) is 0.964. The third-order valence-electron chi connectivity index (χ3n) is 4.69. The zero-order valence-electron chi connectivity index (χ0n) is 13.8. The van der Waals surface area contributed by atoms with Crippen molar-refractivity contribution in [2.45, 2.75) is 18.4 Å². The van der Waals surface area contributed by atoms with Crippen LogP contribution in [0.15, 0.2) is 42.5 Å². The van der Waals surface area contributed by atoms with Crippen molar-refractivity contribution in [1.82, 2.24) is 0 Å². The van der Waals surface area contributed by atoms with Gasteiger partial charge in [-0.2, -0.15) is 0 Å². The van der Waals surface area contributed by atoms with E-state index in [1.54, 1.807) is 24.3 Å². The van der Waals surface area contributed by atoms with Gasteiger partial charge in [-0.3, -0.25) is 10.1 Å². The Balaban J connectivity index is 1.86. The van der Waals surface area contributed by atoms with E-state index >= 15 is 0 Å². The maximum atomic E-state index is 11.5. The topological polar surface area (TPSA) is 75.8 Å². The molecule has 0 spiro atoms. The Morgan fingerprint density at radius 1 is 1.20 bits per heavy atom. The van der Waals surface area contributed by atoms with Gasteiger partial charge >= 0.3 is 5.69 Å². The molecule has 2 aromatic rings. The van der Waals surface area contributed by atoms with E-state index in [1.165, 1.54) is 7.11 Å². The highest BCUT2D eigenvalue weighted by atomic mass is 35.5. The van der Waals surface area contributed by atoms with Crippen molar-refractivity contribution in [2.24, 2.45) is 0 Å². The second kappa shape index (κ2) is 6.90. The molecule has 0 radical (unpaired) electrons. The van der Waals surface area contributed by atoms with Crippen LogP contribution in [0.4, 0.5) is 11.4 Å². The van der Waals surface area contributed by atoms with E-state index < -0.39 is 10.5 Å². The number of hydrogen-bond acceptors (Lipinski definition) is 5. The normalized spacial score (nSPS) is 16.5. The van der Waals surface area contributed by atoms with Crippen molar-refractivity contribution in [3.8, 4) is 5.75 Å². The van der Waals surface area contributed by atoms with Crippen molar-refractivity contribution in [2.75, 3.05) is 25.1 Å². The first kappa shape index (κ1) is 17.5. The summed E-state index contributed by atoms with van der Waals surface area (Å²) in [6.07, 6.45) is 0.871. The average Bonchev–Trinajstić information content (AvgIpc) is 2.61. The lowest BCUT2D eigenvalue weighted by atomic mass is 9.84. The molecule has 0 amide bonds. The predicted molar refractivity (Wildman–Crippen MR) is 96.4 cm³/mol. The van der Waals surface area contributed by atoms with Gasteiger partial charge in [-0.15, -0.1) is 0 Å². The van der Waals surface area contributed by atoms with Gasteiger partial charge in [-0.05, 0) is 31.0 Å². The molecule has 3 rings (SSSR count). The molecule has 132 valence electrons. The first-order chi connectivity index (χ1) is 12.0. The van der Waals surface area contributed by atoms with E-state index in [9.17, 15) is 15.2 Å². The SMILES string of the molecule is COc1cccc(N2CCC(O)(c3ccccc3Cl)CC2)c1[N+](=O)[O-]. The van der Waals surface area contributed by atoms with Gasteiger partial charge in [0.1, 0.15) is 5.69 Å². The minimum atomic E-state index is -1.03. The molecule has 0 bridgehead atoms. The Hall–Kier alpha value is -2.31. The lowest BCUT2D eigenvalue weighted by Crippen LogP contribution is -2.43.